The molecule has 1 aliphatic carbocycles. The number of aliphatic hydroxyl groups is 1. The normalized spacial score (nSPS) is 32.5. The molecule has 6 nitrogen and oxygen atoms in total. The van der Waals surface area contributed by atoms with Gasteiger partial charge in [-0.25, -0.2) is 15.0 Å². The van der Waals surface area contributed by atoms with E-state index < -0.39 is 0 Å². The van der Waals surface area contributed by atoms with Gasteiger partial charge in [0.25, 0.3) is 0 Å². The van der Waals surface area contributed by atoms with Crippen molar-refractivity contribution in [3.8, 4) is 16.9 Å². The van der Waals surface area contributed by atoms with Gasteiger partial charge in [-0.05, 0) is 30.5 Å². The van der Waals surface area contributed by atoms with Crippen LogP contribution >= 0.6 is 11.8 Å². The minimum absolute atomic E-state index is 0.0209. The smallest absolute Gasteiger partial charge is 0.154 e. The largest absolute Gasteiger partial charge is 0.490 e. The van der Waals surface area contributed by atoms with Crippen molar-refractivity contribution in [2.24, 2.45) is 16.6 Å². The standard InChI is InChI=1S/C19H20N4O2S/c20-18-23-19(9-26-18)14-3-2-13(24)6-17(14)25-16-4-1-11(5-15(16)19)12-7-21-10-22-8-12/h1,4-5,7-8,10,13-14,17,24H,2-3,6,9H2,(H2,20,23)/t13?,14?,17-,19?/m1/s1. The molecule has 7 heteroatoms. The topological polar surface area (TPSA) is 93.6 Å². The number of aliphatic imine (C=N–C) groups is 1. The molecule has 2 aliphatic heterocycles. The minimum Gasteiger partial charge on any atom is -0.490 e. The lowest BCUT2D eigenvalue weighted by Gasteiger charge is -2.48. The zero-order valence-electron chi connectivity index (χ0n) is 14.2. The predicted octanol–water partition coefficient (Wildman–Crippen LogP) is 2.32. The Morgan fingerprint density at radius 3 is 2.81 bits per heavy atom. The summed E-state index contributed by atoms with van der Waals surface area (Å²) in [5.41, 5.74) is 8.83. The summed E-state index contributed by atoms with van der Waals surface area (Å²) in [7, 11) is 0. The van der Waals surface area contributed by atoms with E-state index in [1.165, 1.54) is 6.33 Å². The van der Waals surface area contributed by atoms with Crippen LogP contribution in [0.1, 0.15) is 24.8 Å². The maximum absolute atomic E-state index is 10.1. The van der Waals surface area contributed by atoms with E-state index in [0.29, 0.717) is 11.6 Å². The van der Waals surface area contributed by atoms with Crippen LogP contribution in [-0.2, 0) is 5.54 Å². The third-order valence-electron chi connectivity index (χ3n) is 5.75. The van der Waals surface area contributed by atoms with E-state index in [0.717, 1.165) is 41.0 Å². The summed E-state index contributed by atoms with van der Waals surface area (Å²) in [5, 5.41) is 10.7. The molecular formula is C19H20N4O2S. The molecule has 3 heterocycles. The van der Waals surface area contributed by atoms with Gasteiger partial charge in [-0.15, -0.1) is 0 Å². The molecule has 1 saturated carbocycles. The Labute approximate surface area is 155 Å². The number of benzene rings is 1. The number of hydrogen-bond acceptors (Lipinski definition) is 7. The molecule has 1 aromatic carbocycles. The quantitative estimate of drug-likeness (QED) is 0.802. The van der Waals surface area contributed by atoms with Gasteiger partial charge in [-0.1, -0.05) is 17.8 Å². The lowest BCUT2D eigenvalue weighted by Crippen LogP contribution is -2.51. The van der Waals surface area contributed by atoms with E-state index >= 15 is 0 Å². The van der Waals surface area contributed by atoms with Crippen molar-refractivity contribution < 1.29 is 9.84 Å². The number of amidine groups is 1. The molecule has 5 rings (SSSR count). The van der Waals surface area contributed by atoms with Crippen LogP contribution in [0.25, 0.3) is 11.1 Å². The van der Waals surface area contributed by atoms with Crippen molar-refractivity contribution in [3.63, 3.8) is 0 Å². The Morgan fingerprint density at radius 1 is 1.19 bits per heavy atom. The van der Waals surface area contributed by atoms with Crippen molar-refractivity contribution in [1.82, 2.24) is 9.97 Å². The second kappa shape index (κ2) is 5.96. The van der Waals surface area contributed by atoms with Gasteiger partial charge in [0, 0.05) is 41.6 Å². The van der Waals surface area contributed by atoms with Crippen LogP contribution in [0.3, 0.4) is 0 Å². The van der Waals surface area contributed by atoms with Gasteiger partial charge in [-0.2, -0.15) is 0 Å². The van der Waals surface area contributed by atoms with E-state index in [1.54, 1.807) is 11.8 Å². The van der Waals surface area contributed by atoms with Gasteiger partial charge in [0.2, 0.25) is 0 Å². The number of nitrogens with two attached hydrogens (primary N) is 1. The second-order valence-electron chi connectivity index (χ2n) is 7.23. The Hall–Kier alpha value is -2.12. The number of aromatic nitrogens is 2. The highest BCUT2D eigenvalue weighted by molar-refractivity contribution is 8.14. The monoisotopic (exact) mass is 368 g/mol. The van der Waals surface area contributed by atoms with Gasteiger partial charge in [0.1, 0.15) is 23.7 Å². The molecule has 1 fully saturated rings. The molecule has 0 bridgehead atoms. The Balaban J connectivity index is 1.66. The summed E-state index contributed by atoms with van der Waals surface area (Å²) in [6.45, 7) is 0. The van der Waals surface area contributed by atoms with Crippen LogP contribution in [0.2, 0.25) is 0 Å². The fraction of sp³-hybridized carbons (Fsp3) is 0.421. The van der Waals surface area contributed by atoms with Gasteiger partial charge < -0.3 is 15.6 Å². The Bertz CT molecular complexity index is 875. The number of rotatable bonds is 1. The summed E-state index contributed by atoms with van der Waals surface area (Å²) in [4.78, 5) is 13.2. The van der Waals surface area contributed by atoms with Crippen molar-refractivity contribution in [1.29, 1.82) is 0 Å². The Kier molecular flexibility index (Phi) is 3.68. The molecule has 0 radical (unpaired) electrons. The maximum Gasteiger partial charge on any atom is 0.154 e. The summed E-state index contributed by atoms with van der Waals surface area (Å²) in [6.07, 6.45) is 7.16. The summed E-state index contributed by atoms with van der Waals surface area (Å²) in [6, 6.07) is 6.18. The Morgan fingerprint density at radius 2 is 2.04 bits per heavy atom. The molecule has 3 aliphatic rings. The number of nitrogens with zero attached hydrogens (tertiary/aromatic N) is 3. The van der Waals surface area contributed by atoms with E-state index in [-0.39, 0.29) is 23.7 Å². The lowest BCUT2D eigenvalue weighted by atomic mass is 9.68. The average molecular weight is 368 g/mol. The van der Waals surface area contributed by atoms with Crippen LogP contribution in [0, 0.1) is 5.92 Å². The first-order valence-electron chi connectivity index (χ1n) is 8.88. The number of aliphatic hydroxyl groups excluding tert-OH is 1. The van der Waals surface area contributed by atoms with E-state index in [4.69, 9.17) is 15.5 Å². The first-order chi connectivity index (χ1) is 12.7. The fourth-order valence-corrected chi connectivity index (χ4v) is 5.55. The lowest BCUT2D eigenvalue weighted by molar-refractivity contribution is -0.0246. The molecule has 26 heavy (non-hydrogen) atoms. The van der Waals surface area contributed by atoms with Crippen molar-refractivity contribution in [2.75, 3.05) is 5.75 Å². The van der Waals surface area contributed by atoms with Crippen molar-refractivity contribution in [2.45, 2.75) is 37.0 Å². The summed E-state index contributed by atoms with van der Waals surface area (Å²) < 4.78 is 6.31. The first kappa shape index (κ1) is 16.1. The summed E-state index contributed by atoms with van der Waals surface area (Å²) in [5.74, 6) is 1.90. The third-order valence-corrected chi connectivity index (χ3v) is 6.72. The fourth-order valence-electron chi connectivity index (χ4n) is 4.52. The first-order valence-corrected chi connectivity index (χ1v) is 9.87. The highest BCUT2D eigenvalue weighted by Gasteiger charge is 2.54. The number of thioether (sulfide) groups is 1. The highest BCUT2D eigenvalue weighted by atomic mass is 32.2. The molecule has 0 saturated heterocycles. The van der Waals surface area contributed by atoms with Gasteiger partial charge in [0.05, 0.1) is 6.10 Å². The summed E-state index contributed by atoms with van der Waals surface area (Å²) >= 11 is 1.61. The van der Waals surface area contributed by atoms with Crippen LogP contribution in [0.4, 0.5) is 0 Å². The van der Waals surface area contributed by atoms with Crippen LogP contribution in [0.15, 0.2) is 41.9 Å². The zero-order chi connectivity index (χ0) is 17.7. The average Bonchev–Trinajstić information content (AvgIpc) is 3.04. The van der Waals surface area contributed by atoms with E-state index in [9.17, 15) is 5.11 Å². The second-order valence-corrected chi connectivity index (χ2v) is 8.23. The van der Waals surface area contributed by atoms with Gasteiger partial charge in [0.15, 0.2) is 5.17 Å². The molecule has 2 aromatic rings. The molecule has 0 amide bonds. The maximum atomic E-state index is 10.1. The zero-order valence-corrected chi connectivity index (χ0v) is 15.0. The van der Waals surface area contributed by atoms with Crippen LogP contribution < -0.4 is 10.5 Å². The van der Waals surface area contributed by atoms with Gasteiger partial charge in [-0.3, -0.25) is 0 Å². The molecule has 3 unspecified atom stereocenters. The predicted molar refractivity (Wildman–Crippen MR) is 101 cm³/mol. The SMILES string of the molecule is NC1=NC2(CS1)c1cc(-c3cncnc3)ccc1O[C@@H]1CC(O)CCC12. The number of ether oxygens (including phenoxy) is 1. The van der Waals surface area contributed by atoms with Crippen molar-refractivity contribution >= 4 is 16.9 Å². The van der Waals surface area contributed by atoms with Crippen LogP contribution in [0.5, 0.6) is 5.75 Å². The van der Waals surface area contributed by atoms with E-state index in [2.05, 4.69) is 16.0 Å². The van der Waals surface area contributed by atoms with E-state index in [1.807, 2.05) is 24.5 Å². The van der Waals surface area contributed by atoms with Gasteiger partial charge >= 0.3 is 0 Å². The molecule has 1 spiro atoms. The third kappa shape index (κ3) is 2.41. The molecule has 1 aromatic heterocycles. The molecule has 3 N–H and O–H groups in total. The molecular weight excluding hydrogens is 348 g/mol. The number of fused-ring (bicyclic) bond motifs is 4. The van der Waals surface area contributed by atoms with Crippen molar-refractivity contribution in [3.05, 3.63) is 42.5 Å². The molecule has 134 valence electrons. The highest BCUT2D eigenvalue weighted by Crippen LogP contribution is 2.54. The number of hydrogen-bond donors (Lipinski definition) is 2. The van der Waals surface area contributed by atoms with Crippen LogP contribution in [-0.4, -0.2) is 38.2 Å². The minimum atomic E-state index is -0.376. The molecule has 4 atom stereocenters.